The highest BCUT2D eigenvalue weighted by molar-refractivity contribution is 6.46. The molecular formula is C12H27NO4Si. The molecule has 0 fully saturated rings. The molecule has 0 bridgehead atoms. The molecule has 0 aliphatic heterocycles. The zero-order chi connectivity index (χ0) is 14.0. The fraction of sp³-hybridized carbons (Fsp3) is 0.917. The zero-order valence-corrected chi connectivity index (χ0v) is 13.2. The lowest BCUT2D eigenvalue weighted by atomic mass is 10.1. The van der Waals surface area contributed by atoms with Crippen molar-refractivity contribution in [3.05, 3.63) is 0 Å². The number of amides is 1. The van der Waals surface area contributed by atoms with E-state index in [0.29, 0.717) is 18.6 Å². The molecule has 108 valence electrons. The van der Waals surface area contributed by atoms with Crippen molar-refractivity contribution in [1.29, 1.82) is 0 Å². The van der Waals surface area contributed by atoms with Gasteiger partial charge in [-0.1, -0.05) is 19.8 Å². The van der Waals surface area contributed by atoms with Crippen LogP contribution in [0.25, 0.3) is 0 Å². The molecule has 0 aromatic heterocycles. The van der Waals surface area contributed by atoms with Gasteiger partial charge in [0.1, 0.15) is 0 Å². The van der Waals surface area contributed by atoms with Crippen LogP contribution in [0.15, 0.2) is 0 Å². The summed E-state index contributed by atoms with van der Waals surface area (Å²) in [7, 11) is 1.90. The summed E-state index contributed by atoms with van der Waals surface area (Å²) in [6.07, 6.45) is 3.23. The summed E-state index contributed by atoms with van der Waals surface area (Å²) in [5.74, 6) is 0. The molecule has 0 aliphatic carbocycles. The molecule has 5 nitrogen and oxygen atoms in total. The van der Waals surface area contributed by atoms with E-state index >= 15 is 0 Å². The Labute approximate surface area is 112 Å². The smallest absolute Gasteiger partial charge is 0.407 e. The SMILES string of the molecule is CCC(CCCCN(CC)C(=O)O)[SiH](OC)OC. The van der Waals surface area contributed by atoms with Crippen molar-refractivity contribution in [2.24, 2.45) is 0 Å². The number of unbranched alkanes of at least 4 members (excludes halogenated alkanes) is 1. The molecule has 0 aromatic rings. The molecule has 1 atom stereocenters. The van der Waals surface area contributed by atoms with Crippen LogP contribution in [0.5, 0.6) is 0 Å². The minimum atomic E-state index is -1.53. The van der Waals surface area contributed by atoms with Crippen LogP contribution in [0, 0.1) is 0 Å². The Kier molecular flexibility index (Phi) is 10.00. The Balaban J connectivity index is 3.90. The van der Waals surface area contributed by atoms with Crippen LogP contribution in [0.2, 0.25) is 5.54 Å². The average molecular weight is 277 g/mol. The van der Waals surface area contributed by atoms with Gasteiger partial charge in [0.15, 0.2) is 0 Å². The lowest BCUT2D eigenvalue weighted by molar-refractivity contribution is 0.146. The molecule has 18 heavy (non-hydrogen) atoms. The molecule has 0 saturated carbocycles. The van der Waals surface area contributed by atoms with Crippen LogP contribution in [0.1, 0.15) is 39.5 Å². The maximum atomic E-state index is 10.8. The maximum Gasteiger partial charge on any atom is 0.407 e. The van der Waals surface area contributed by atoms with Crippen LogP contribution in [0.3, 0.4) is 0 Å². The van der Waals surface area contributed by atoms with Crippen molar-refractivity contribution >= 4 is 15.4 Å². The Morgan fingerprint density at radius 2 is 1.89 bits per heavy atom. The molecule has 0 radical (unpaired) electrons. The third kappa shape index (κ3) is 6.37. The summed E-state index contributed by atoms with van der Waals surface area (Å²) >= 11 is 0. The van der Waals surface area contributed by atoms with Gasteiger partial charge in [0, 0.05) is 27.3 Å². The van der Waals surface area contributed by atoms with Crippen molar-refractivity contribution in [1.82, 2.24) is 4.90 Å². The molecule has 6 heteroatoms. The summed E-state index contributed by atoms with van der Waals surface area (Å²) in [5.41, 5.74) is 0.514. The van der Waals surface area contributed by atoms with Crippen molar-refractivity contribution in [2.75, 3.05) is 27.3 Å². The van der Waals surface area contributed by atoms with E-state index < -0.39 is 15.4 Å². The molecule has 0 spiro atoms. The van der Waals surface area contributed by atoms with Crippen molar-refractivity contribution in [3.8, 4) is 0 Å². The Morgan fingerprint density at radius 3 is 2.28 bits per heavy atom. The average Bonchev–Trinajstić information content (AvgIpc) is 2.37. The quantitative estimate of drug-likeness (QED) is 0.492. The van der Waals surface area contributed by atoms with E-state index in [1.54, 1.807) is 14.2 Å². The highest BCUT2D eigenvalue weighted by atomic mass is 28.3. The molecule has 1 amide bonds. The number of hydrogen-bond donors (Lipinski definition) is 1. The van der Waals surface area contributed by atoms with Gasteiger partial charge in [-0.15, -0.1) is 0 Å². The van der Waals surface area contributed by atoms with E-state index in [9.17, 15) is 4.79 Å². The second kappa shape index (κ2) is 10.3. The number of nitrogens with zero attached hydrogens (tertiary/aromatic N) is 1. The monoisotopic (exact) mass is 277 g/mol. The Morgan fingerprint density at radius 1 is 1.28 bits per heavy atom. The van der Waals surface area contributed by atoms with Crippen molar-refractivity contribution in [3.63, 3.8) is 0 Å². The van der Waals surface area contributed by atoms with Crippen LogP contribution < -0.4 is 0 Å². The number of carbonyl (C=O) groups is 1. The van der Waals surface area contributed by atoms with Gasteiger partial charge in [-0.3, -0.25) is 0 Å². The molecule has 0 aromatic carbocycles. The van der Waals surface area contributed by atoms with Gasteiger partial charge in [-0.2, -0.15) is 0 Å². The van der Waals surface area contributed by atoms with Gasteiger partial charge in [-0.25, -0.2) is 4.79 Å². The molecule has 0 rings (SSSR count). The fourth-order valence-corrected chi connectivity index (χ4v) is 3.97. The van der Waals surface area contributed by atoms with E-state index in [-0.39, 0.29) is 0 Å². The lowest BCUT2D eigenvalue weighted by Gasteiger charge is -2.22. The van der Waals surface area contributed by atoms with E-state index in [4.69, 9.17) is 14.0 Å². The summed E-state index contributed by atoms with van der Waals surface area (Å²) < 4.78 is 10.8. The first-order chi connectivity index (χ1) is 8.60. The second-order valence-electron chi connectivity index (χ2n) is 4.37. The summed E-state index contributed by atoms with van der Waals surface area (Å²) in [6, 6.07) is 0. The van der Waals surface area contributed by atoms with Gasteiger partial charge >= 0.3 is 15.4 Å². The first-order valence-electron chi connectivity index (χ1n) is 6.64. The number of carboxylic acid groups (broad SMARTS) is 1. The predicted molar refractivity (Wildman–Crippen MR) is 74.3 cm³/mol. The Hall–Kier alpha value is -0.593. The largest absolute Gasteiger partial charge is 0.465 e. The van der Waals surface area contributed by atoms with Crippen molar-refractivity contribution in [2.45, 2.75) is 45.1 Å². The van der Waals surface area contributed by atoms with Gasteiger partial charge in [-0.05, 0) is 25.3 Å². The third-order valence-electron chi connectivity index (χ3n) is 3.28. The topological polar surface area (TPSA) is 59.0 Å². The first kappa shape index (κ1) is 17.4. The van der Waals surface area contributed by atoms with Crippen molar-refractivity contribution < 1.29 is 18.8 Å². The van der Waals surface area contributed by atoms with Crippen LogP contribution in [-0.2, 0) is 8.85 Å². The first-order valence-corrected chi connectivity index (χ1v) is 8.25. The van der Waals surface area contributed by atoms with Crippen LogP contribution in [-0.4, -0.2) is 52.7 Å². The van der Waals surface area contributed by atoms with Crippen LogP contribution in [0.4, 0.5) is 4.79 Å². The molecule has 0 heterocycles. The minimum Gasteiger partial charge on any atom is -0.465 e. The maximum absolute atomic E-state index is 10.8. The molecule has 1 unspecified atom stereocenters. The predicted octanol–water partition coefficient (Wildman–Crippen LogP) is 2.45. The summed E-state index contributed by atoms with van der Waals surface area (Å²) in [5, 5.41) is 8.89. The van der Waals surface area contributed by atoms with Gasteiger partial charge < -0.3 is 18.9 Å². The molecule has 0 aliphatic rings. The molecule has 0 saturated heterocycles. The van der Waals surface area contributed by atoms with E-state index in [0.717, 1.165) is 25.7 Å². The minimum absolute atomic E-state index is 0.514. The normalized spacial score (nSPS) is 12.7. The van der Waals surface area contributed by atoms with E-state index in [1.165, 1.54) is 4.90 Å². The van der Waals surface area contributed by atoms with E-state index in [2.05, 4.69) is 6.92 Å². The highest BCUT2D eigenvalue weighted by Gasteiger charge is 2.22. The number of hydrogen-bond acceptors (Lipinski definition) is 3. The van der Waals surface area contributed by atoms with Gasteiger partial charge in [0.05, 0.1) is 0 Å². The Bertz CT molecular complexity index is 224. The summed E-state index contributed by atoms with van der Waals surface area (Å²) in [6.45, 7) is 5.19. The standard InChI is InChI=1S/C12H27NO4Si/c1-5-11(18(16-3)17-4)9-7-8-10-13(6-2)12(14)15/h11,18H,5-10H2,1-4H3,(H,14,15). The lowest BCUT2D eigenvalue weighted by Crippen LogP contribution is -2.30. The summed E-state index contributed by atoms with van der Waals surface area (Å²) in [4.78, 5) is 12.3. The van der Waals surface area contributed by atoms with Crippen LogP contribution >= 0.6 is 0 Å². The fourth-order valence-electron chi connectivity index (χ4n) is 2.11. The number of rotatable bonds is 10. The molecular weight excluding hydrogens is 250 g/mol. The zero-order valence-electron chi connectivity index (χ0n) is 12.0. The molecule has 1 N–H and O–H groups in total. The second-order valence-corrected chi connectivity index (χ2v) is 6.99. The third-order valence-corrected chi connectivity index (χ3v) is 5.78. The highest BCUT2D eigenvalue weighted by Crippen LogP contribution is 2.23. The van der Waals surface area contributed by atoms with E-state index in [1.807, 2.05) is 6.92 Å². The van der Waals surface area contributed by atoms with Gasteiger partial charge in [0.25, 0.3) is 0 Å². The van der Waals surface area contributed by atoms with Gasteiger partial charge in [0.2, 0.25) is 0 Å².